The Balaban J connectivity index is 5.73. The molecule has 0 unspecified atom stereocenters. The normalized spacial score (nSPS) is 11.4. The molecule has 0 amide bonds. The summed E-state index contributed by atoms with van der Waals surface area (Å²) in [5.74, 6) is -5.63. The van der Waals surface area contributed by atoms with E-state index >= 15 is 0 Å². The average Bonchev–Trinajstić information content (AvgIpc) is 2.30. The maximum Gasteiger partial charge on any atom is 0.305 e. The summed E-state index contributed by atoms with van der Waals surface area (Å²) in [6.07, 6.45) is -3.18. The summed E-state index contributed by atoms with van der Waals surface area (Å²) < 4.78 is 0. The summed E-state index contributed by atoms with van der Waals surface area (Å²) in [4.78, 5) is 44.1. The topological polar surface area (TPSA) is 187 Å². The number of carboxylic acid groups (broad SMARTS) is 4. The molecule has 0 spiro atoms. The van der Waals surface area contributed by atoms with Gasteiger partial charge in [0.2, 0.25) is 0 Å². The second-order valence-electron chi connectivity index (χ2n) is 4.76. The van der Waals surface area contributed by atoms with Gasteiger partial charge < -0.3 is 31.5 Å². The first kappa shape index (κ1) is 19.8. The van der Waals surface area contributed by atoms with Crippen LogP contribution in [0.2, 0.25) is 0 Å². The number of hydrogen-bond donors (Lipinski definition) is 6. The molecule has 0 saturated carbocycles. The van der Waals surface area contributed by atoms with Crippen molar-refractivity contribution < 1.29 is 39.6 Å². The maximum atomic E-state index is 11.0. The monoisotopic (exact) mass is 319 g/mol. The van der Waals surface area contributed by atoms with Crippen LogP contribution in [-0.2, 0) is 19.2 Å². The molecule has 10 nitrogen and oxygen atoms in total. The molecule has 0 aromatic carbocycles. The van der Waals surface area contributed by atoms with Crippen LogP contribution in [0.25, 0.3) is 0 Å². The third kappa shape index (κ3) is 6.99. The lowest BCUT2D eigenvalue weighted by molar-refractivity contribution is -0.149. The first-order valence-electron chi connectivity index (χ1n) is 6.30. The fraction of sp³-hybridized carbons (Fsp3) is 0.583. The summed E-state index contributed by atoms with van der Waals surface area (Å²) >= 11 is 0. The molecular formula is C12H19N2O8. The van der Waals surface area contributed by atoms with E-state index < -0.39 is 55.0 Å². The first-order valence-corrected chi connectivity index (χ1v) is 6.30. The van der Waals surface area contributed by atoms with Crippen LogP contribution in [-0.4, -0.2) is 57.4 Å². The SMILES string of the molecule is NCCN[C](CC(=O)O)C(CC(=O)O)(CC(=O)O)CC(=O)O. The summed E-state index contributed by atoms with van der Waals surface area (Å²) in [6, 6.07) is -0.169. The van der Waals surface area contributed by atoms with Crippen LogP contribution < -0.4 is 11.1 Å². The van der Waals surface area contributed by atoms with E-state index in [0.717, 1.165) is 0 Å². The highest BCUT2D eigenvalue weighted by molar-refractivity contribution is 5.78. The zero-order valence-electron chi connectivity index (χ0n) is 11.7. The molecule has 0 rings (SSSR count). The Bertz CT molecular complexity index is 396. The van der Waals surface area contributed by atoms with E-state index in [4.69, 9.17) is 26.2 Å². The molecule has 0 aliphatic rings. The number of rotatable bonds is 12. The molecule has 0 atom stereocenters. The molecule has 0 saturated heterocycles. The maximum absolute atomic E-state index is 11.0. The Hall–Kier alpha value is -2.20. The minimum absolute atomic E-state index is 0.0588. The lowest BCUT2D eigenvalue weighted by atomic mass is 9.70. The number of carboxylic acids is 4. The standard InChI is InChI=1S/C12H19N2O8/c13-1-2-14-7(3-8(15)16)12(4-9(17)18,5-10(19)20)6-11(21)22/h14H,1-6,13H2,(H,15,16)(H,17,18)(H,19,20)(H,21,22). The number of nitrogens with one attached hydrogen (secondary N) is 1. The Morgan fingerprint density at radius 1 is 0.818 bits per heavy atom. The van der Waals surface area contributed by atoms with Crippen molar-refractivity contribution in [3.8, 4) is 0 Å². The van der Waals surface area contributed by atoms with Gasteiger partial charge in [0.05, 0.1) is 31.7 Å². The fourth-order valence-electron chi connectivity index (χ4n) is 2.19. The Labute approximate surface area is 125 Å². The van der Waals surface area contributed by atoms with Crippen molar-refractivity contribution >= 4 is 23.9 Å². The highest BCUT2D eigenvalue weighted by atomic mass is 16.4. The van der Waals surface area contributed by atoms with Gasteiger partial charge in [-0.2, -0.15) is 0 Å². The van der Waals surface area contributed by atoms with Crippen LogP contribution in [0.4, 0.5) is 0 Å². The van der Waals surface area contributed by atoms with E-state index in [9.17, 15) is 19.2 Å². The molecule has 0 heterocycles. The smallest absolute Gasteiger partial charge is 0.305 e. The molecule has 0 aliphatic heterocycles. The summed E-state index contributed by atoms with van der Waals surface area (Å²) in [7, 11) is 0. The lowest BCUT2D eigenvalue weighted by Crippen LogP contribution is -2.45. The van der Waals surface area contributed by atoms with E-state index in [-0.39, 0.29) is 19.1 Å². The largest absolute Gasteiger partial charge is 0.481 e. The Morgan fingerprint density at radius 2 is 1.23 bits per heavy atom. The number of nitrogens with two attached hydrogens (primary N) is 1. The highest BCUT2D eigenvalue weighted by Gasteiger charge is 2.45. The van der Waals surface area contributed by atoms with Crippen LogP contribution in [0.5, 0.6) is 0 Å². The third-order valence-electron chi connectivity index (χ3n) is 2.92. The Kier molecular flexibility index (Phi) is 8.05. The van der Waals surface area contributed by atoms with Gasteiger partial charge in [-0.1, -0.05) is 0 Å². The fourth-order valence-corrected chi connectivity index (χ4v) is 2.19. The van der Waals surface area contributed by atoms with Gasteiger partial charge in [-0.15, -0.1) is 0 Å². The van der Waals surface area contributed by atoms with Gasteiger partial charge >= 0.3 is 23.9 Å². The predicted octanol–water partition coefficient (Wildman–Crippen LogP) is -1.05. The molecule has 125 valence electrons. The van der Waals surface area contributed by atoms with Gasteiger partial charge in [0.25, 0.3) is 0 Å². The van der Waals surface area contributed by atoms with Crippen molar-refractivity contribution in [3.05, 3.63) is 6.04 Å². The minimum atomic E-state index is -1.86. The summed E-state index contributed by atoms with van der Waals surface area (Å²) in [5.41, 5.74) is 3.42. The van der Waals surface area contributed by atoms with Gasteiger partial charge in [0.1, 0.15) is 0 Å². The Morgan fingerprint density at radius 3 is 1.50 bits per heavy atom. The quantitative estimate of drug-likeness (QED) is 0.259. The zero-order chi connectivity index (χ0) is 17.3. The molecule has 10 heteroatoms. The first-order chi connectivity index (χ1) is 10.1. The highest BCUT2D eigenvalue weighted by Crippen LogP contribution is 2.41. The van der Waals surface area contributed by atoms with Crippen LogP contribution in [0.3, 0.4) is 0 Å². The van der Waals surface area contributed by atoms with Gasteiger partial charge in [0, 0.05) is 18.5 Å². The van der Waals surface area contributed by atoms with Gasteiger partial charge in [-0.25, -0.2) is 0 Å². The van der Waals surface area contributed by atoms with Crippen molar-refractivity contribution in [1.29, 1.82) is 0 Å². The van der Waals surface area contributed by atoms with E-state index in [2.05, 4.69) is 5.32 Å². The van der Waals surface area contributed by atoms with E-state index in [0.29, 0.717) is 0 Å². The van der Waals surface area contributed by atoms with Gasteiger partial charge in [-0.3, -0.25) is 19.2 Å². The molecule has 0 aliphatic carbocycles. The van der Waals surface area contributed by atoms with Crippen molar-refractivity contribution in [2.75, 3.05) is 13.1 Å². The van der Waals surface area contributed by atoms with Crippen LogP contribution in [0.15, 0.2) is 0 Å². The van der Waals surface area contributed by atoms with Crippen LogP contribution in [0, 0.1) is 11.5 Å². The molecule has 1 radical (unpaired) electrons. The second-order valence-corrected chi connectivity index (χ2v) is 4.76. The second kappa shape index (κ2) is 8.95. The lowest BCUT2D eigenvalue weighted by Gasteiger charge is -2.37. The molecular weight excluding hydrogens is 300 g/mol. The number of hydrogen-bond acceptors (Lipinski definition) is 6. The summed E-state index contributed by atoms with van der Waals surface area (Å²) in [5, 5.41) is 38.4. The third-order valence-corrected chi connectivity index (χ3v) is 2.92. The average molecular weight is 319 g/mol. The van der Waals surface area contributed by atoms with Crippen LogP contribution >= 0.6 is 0 Å². The molecule has 7 N–H and O–H groups in total. The van der Waals surface area contributed by atoms with Gasteiger partial charge in [-0.05, 0) is 0 Å². The number of carbonyl (C=O) groups is 4. The minimum Gasteiger partial charge on any atom is -0.481 e. The van der Waals surface area contributed by atoms with Crippen molar-refractivity contribution in [2.24, 2.45) is 11.1 Å². The van der Waals surface area contributed by atoms with Crippen molar-refractivity contribution in [1.82, 2.24) is 5.32 Å². The van der Waals surface area contributed by atoms with E-state index in [1.807, 2.05) is 0 Å². The number of aliphatic carboxylic acids is 4. The molecule has 0 bridgehead atoms. The predicted molar refractivity (Wildman–Crippen MR) is 71.7 cm³/mol. The summed E-state index contributed by atoms with van der Waals surface area (Å²) in [6.45, 7) is 0.135. The molecule has 0 fully saturated rings. The van der Waals surface area contributed by atoms with Crippen LogP contribution in [0.1, 0.15) is 25.7 Å². The van der Waals surface area contributed by atoms with E-state index in [1.54, 1.807) is 0 Å². The zero-order valence-corrected chi connectivity index (χ0v) is 11.7. The van der Waals surface area contributed by atoms with Gasteiger partial charge in [0.15, 0.2) is 0 Å². The molecule has 0 aromatic heterocycles. The molecule has 22 heavy (non-hydrogen) atoms. The van der Waals surface area contributed by atoms with Crippen molar-refractivity contribution in [3.63, 3.8) is 0 Å². The van der Waals surface area contributed by atoms with E-state index in [1.165, 1.54) is 0 Å². The molecule has 0 aromatic rings. The van der Waals surface area contributed by atoms with Crippen molar-refractivity contribution in [2.45, 2.75) is 25.7 Å².